The van der Waals surface area contributed by atoms with Gasteiger partial charge in [0.1, 0.15) is 0 Å². The minimum Gasteiger partial charge on any atom is -0.297 e. The van der Waals surface area contributed by atoms with E-state index < -0.39 is 23.7 Å². The van der Waals surface area contributed by atoms with Crippen molar-refractivity contribution in [3.63, 3.8) is 0 Å². The number of nitrogens with zero attached hydrogens (tertiary/aromatic N) is 3. The monoisotopic (exact) mass is 323 g/mol. The fourth-order valence-corrected chi connectivity index (χ4v) is 1.87. The minimum atomic E-state index is -4.66. The molecule has 1 aliphatic rings. The summed E-state index contributed by atoms with van der Waals surface area (Å²) in [5.74, 6) is -1.39. The molecule has 1 aromatic rings. The largest absolute Gasteiger partial charge is 0.434 e. The number of anilines is 1. The number of hydrogen-bond donors (Lipinski definition) is 0. The molecule has 0 aliphatic carbocycles. The zero-order valence-electron chi connectivity index (χ0n) is 8.66. The number of alkyl halides is 3. The number of rotatable bonds is 1. The summed E-state index contributed by atoms with van der Waals surface area (Å²) in [7, 11) is 0. The predicted molar refractivity (Wildman–Crippen MR) is 56.7 cm³/mol. The second kappa shape index (κ2) is 4.30. The van der Waals surface area contributed by atoms with Crippen molar-refractivity contribution in [1.29, 1.82) is 0 Å². The van der Waals surface area contributed by atoms with Crippen LogP contribution in [-0.2, 0) is 15.8 Å². The second-order valence-corrected chi connectivity index (χ2v) is 4.41. The number of carbonyl (C=O) groups excluding carboxylic acids is 2. The van der Waals surface area contributed by atoms with E-state index in [1.54, 1.807) is 0 Å². The van der Waals surface area contributed by atoms with E-state index in [4.69, 9.17) is 0 Å². The van der Waals surface area contributed by atoms with Gasteiger partial charge in [-0.3, -0.25) is 14.5 Å². The maximum absolute atomic E-state index is 12.6. The van der Waals surface area contributed by atoms with Crippen LogP contribution in [0.25, 0.3) is 0 Å². The van der Waals surface area contributed by atoms with Crippen LogP contribution in [0.15, 0.2) is 10.7 Å². The summed E-state index contributed by atoms with van der Waals surface area (Å²) in [5.41, 5.74) is -1.18. The molecule has 18 heavy (non-hydrogen) atoms. The van der Waals surface area contributed by atoms with Crippen LogP contribution in [0.5, 0.6) is 0 Å². The van der Waals surface area contributed by atoms with Crippen molar-refractivity contribution in [1.82, 2.24) is 9.97 Å². The van der Waals surface area contributed by atoms with Crippen molar-refractivity contribution in [3.8, 4) is 0 Å². The summed E-state index contributed by atoms with van der Waals surface area (Å²) in [5, 5.41) is 0. The van der Waals surface area contributed by atoms with E-state index in [1.165, 1.54) is 0 Å². The van der Waals surface area contributed by atoms with Crippen LogP contribution in [-0.4, -0.2) is 28.2 Å². The number of halogens is 4. The van der Waals surface area contributed by atoms with Crippen molar-refractivity contribution in [3.05, 3.63) is 16.4 Å². The van der Waals surface area contributed by atoms with E-state index >= 15 is 0 Å². The molecule has 2 heterocycles. The number of hydrogen-bond acceptors (Lipinski definition) is 4. The SMILES string of the molecule is O=C1CC(=O)N(c2ncc(Br)c(C(F)(F)F)n2)C1. The quantitative estimate of drug-likeness (QED) is 0.736. The first-order valence-electron chi connectivity index (χ1n) is 4.71. The average molecular weight is 324 g/mol. The lowest BCUT2D eigenvalue weighted by Crippen LogP contribution is -2.27. The normalized spacial score (nSPS) is 16.6. The molecular weight excluding hydrogens is 319 g/mol. The van der Waals surface area contributed by atoms with E-state index in [-0.39, 0.29) is 23.2 Å². The third-order valence-corrected chi connectivity index (χ3v) is 2.81. The maximum Gasteiger partial charge on any atom is 0.434 e. The van der Waals surface area contributed by atoms with Crippen molar-refractivity contribution >= 4 is 33.6 Å². The van der Waals surface area contributed by atoms with Crippen molar-refractivity contribution in [2.24, 2.45) is 0 Å². The molecule has 1 saturated heterocycles. The molecule has 1 amide bonds. The number of aromatic nitrogens is 2. The Morgan fingerprint density at radius 2 is 2.00 bits per heavy atom. The van der Waals surface area contributed by atoms with Crippen LogP contribution in [0.4, 0.5) is 19.1 Å². The topological polar surface area (TPSA) is 63.2 Å². The molecule has 1 fully saturated rings. The molecular formula is C9H5BrF3N3O2. The van der Waals surface area contributed by atoms with Gasteiger partial charge in [-0.05, 0) is 15.9 Å². The van der Waals surface area contributed by atoms with Crippen LogP contribution >= 0.6 is 15.9 Å². The highest BCUT2D eigenvalue weighted by molar-refractivity contribution is 9.10. The number of carbonyl (C=O) groups is 2. The van der Waals surface area contributed by atoms with E-state index in [0.717, 1.165) is 11.1 Å². The van der Waals surface area contributed by atoms with Gasteiger partial charge >= 0.3 is 6.18 Å². The maximum atomic E-state index is 12.6. The molecule has 1 aliphatic heterocycles. The van der Waals surface area contributed by atoms with Gasteiger partial charge in [0, 0.05) is 6.20 Å². The standard InChI is InChI=1S/C9H5BrF3N3O2/c10-5-2-14-8(15-7(5)9(11,12)13)16-3-4(17)1-6(16)18/h2H,1,3H2. The lowest BCUT2D eigenvalue weighted by atomic mass is 10.3. The molecule has 96 valence electrons. The summed E-state index contributed by atoms with van der Waals surface area (Å²) >= 11 is 2.69. The molecule has 0 aromatic carbocycles. The fraction of sp³-hybridized carbons (Fsp3) is 0.333. The molecule has 5 nitrogen and oxygen atoms in total. The van der Waals surface area contributed by atoms with Crippen LogP contribution < -0.4 is 4.90 Å². The van der Waals surface area contributed by atoms with E-state index in [0.29, 0.717) is 0 Å². The molecule has 1 aromatic heterocycles. The fourth-order valence-electron chi connectivity index (χ4n) is 1.45. The van der Waals surface area contributed by atoms with Gasteiger partial charge in [0.15, 0.2) is 11.5 Å². The Morgan fingerprint density at radius 1 is 1.33 bits per heavy atom. The number of amides is 1. The third-order valence-electron chi connectivity index (χ3n) is 2.23. The Kier molecular flexibility index (Phi) is 3.09. The summed E-state index contributed by atoms with van der Waals surface area (Å²) in [6, 6.07) is 0. The first kappa shape index (κ1) is 12.9. The highest BCUT2D eigenvalue weighted by Gasteiger charge is 2.37. The Balaban J connectivity index is 2.42. The van der Waals surface area contributed by atoms with Gasteiger partial charge in [0.2, 0.25) is 11.9 Å². The molecule has 0 spiro atoms. The van der Waals surface area contributed by atoms with Crippen molar-refractivity contribution < 1.29 is 22.8 Å². The van der Waals surface area contributed by atoms with E-state index in [9.17, 15) is 22.8 Å². The van der Waals surface area contributed by atoms with E-state index in [2.05, 4.69) is 25.9 Å². The van der Waals surface area contributed by atoms with Gasteiger partial charge in [-0.1, -0.05) is 0 Å². The lowest BCUT2D eigenvalue weighted by molar-refractivity contribution is -0.142. The summed E-state index contributed by atoms with van der Waals surface area (Å²) < 4.78 is 37.5. The van der Waals surface area contributed by atoms with Gasteiger partial charge in [-0.15, -0.1) is 0 Å². The average Bonchev–Trinajstić information content (AvgIpc) is 2.57. The predicted octanol–water partition coefficient (Wildman–Crippen LogP) is 1.56. The third kappa shape index (κ3) is 2.35. The van der Waals surface area contributed by atoms with Crippen molar-refractivity contribution in [2.45, 2.75) is 12.6 Å². The molecule has 0 atom stereocenters. The first-order valence-corrected chi connectivity index (χ1v) is 5.50. The number of Topliss-reactive ketones (excluding diaryl/α,β-unsaturated/α-hetero) is 1. The molecule has 0 unspecified atom stereocenters. The molecule has 0 saturated carbocycles. The van der Waals surface area contributed by atoms with Gasteiger partial charge in [0.25, 0.3) is 0 Å². The Bertz CT molecular complexity index is 532. The van der Waals surface area contributed by atoms with Crippen LogP contribution in [0.2, 0.25) is 0 Å². The van der Waals surface area contributed by atoms with Gasteiger partial charge in [0.05, 0.1) is 17.4 Å². The summed E-state index contributed by atoms with van der Waals surface area (Å²) in [4.78, 5) is 30.1. The summed E-state index contributed by atoms with van der Waals surface area (Å²) in [6.45, 7) is -0.294. The van der Waals surface area contributed by atoms with Crippen LogP contribution in [0, 0.1) is 0 Å². The Labute approximate surface area is 107 Å². The molecule has 9 heteroatoms. The Hall–Kier alpha value is -1.51. The lowest BCUT2D eigenvalue weighted by Gasteiger charge is -2.14. The molecule has 0 bridgehead atoms. The van der Waals surface area contributed by atoms with Gasteiger partial charge in [-0.2, -0.15) is 13.2 Å². The van der Waals surface area contributed by atoms with Crippen molar-refractivity contribution in [2.75, 3.05) is 11.4 Å². The minimum absolute atomic E-state index is 0.294. The first-order chi connectivity index (χ1) is 8.29. The van der Waals surface area contributed by atoms with Crippen LogP contribution in [0.1, 0.15) is 12.1 Å². The summed E-state index contributed by atoms with van der Waals surface area (Å²) in [6.07, 6.45) is -4.09. The van der Waals surface area contributed by atoms with Gasteiger partial charge < -0.3 is 0 Å². The van der Waals surface area contributed by atoms with Crippen LogP contribution in [0.3, 0.4) is 0 Å². The Morgan fingerprint density at radius 3 is 2.50 bits per heavy atom. The smallest absolute Gasteiger partial charge is 0.297 e. The number of ketones is 1. The highest BCUT2D eigenvalue weighted by Crippen LogP contribution is 2.34. The zero-order valence-corrected chi connectivity index (χ0v) is 10.2. The molecule has 0 radical (unpaired) electrons. The van der Waals surface area contributed by atoms with Gasteiger partial charge in [-0.25, -0.2) is 9.97 Å². The second-order valence-electron chi connectivity index (χ2n) is 3.56. The highest BCUT2D eigenvalue weighted by atomic mass is 79.9. The molecule has 2 rings (SSSR count). The van der Waals surface area contributed by atoms with E-state index in [1.807, 2.05) is 0 Å². The zero-order chi connectivity index (χ0) is 13.5. The molecule has 0 N–H and O–H groups in total.